The van der Waals surface area contributed by atoms with Gasteiger partial charge in [0.2, 0.25) is 6.23 Å². The van der Waals surface area contributed by atoms with Crippen LogP contribution in [0.4, 0.5) is 14.6 Å². The van der Waals surface area contributed by atoms with Crippen LogP contribution in [0.3, 0.4) is 0 Å². The maximum atomic E-state index is 14.8. The molecule has 0 aromatic carbocycles. The van der Waals surface area contributed by atoms with E-state index in [-0.39, 0.29) is 10.9 Å². The third kappa shape index (κ3) is 3.66. The first-order chi connectivity index (χ1) is 11.1. The molecule has 0 aliphatic carbocycles. The summed E-state index contributed by atoms with van der Waals surface area (Å²) in [6.45, 7) is 5.24. The summed E-state index contributed by atoms with van der Waals surface area (Å²) >= 11 is 0. The zero-order valence-electron chi connectivity index (χ0n) is 13.9. The molecule has 0 spiro atoms. The van der Waals surface area contributed by atoms with Crippen LogP contribution in [-0.4, -0.2) is 49.2 Å². The molecular weight excluding hydrogens is 340 g/mol. The molecule has 0 radical (unpaired) electrons. The number of rotatable bonds is 6. The van der Waals surface area contributed by atoms with E-state index in [0.29, 0.717) is 4.57 Å². The molecule has 136 valence electrons. The number of hydrogen-bond acceptors (Lipinski definition) is 6. The van der Waals surface area contributed by atoms with Crippen LogP contribution in [0.25, 0.3) is 0 Å². The number of hydrogen-bond donors (Lipinski definition) is 2. The summed E-state index contributed by atoms with van der Waals surface area (Å²) in [5, 5.41) is 9.23. The van der Waals surface area contributed by atoms with Gasteiger partial charge in [0.1, 0.15) is 18.0 Å². The predicted octanol–water partition coefficient (Wildman–Crippen LogP) is 0.428. The van der Waals surface area contributed by atoms with E-state index in [1.165, 1.54) is 6.07 Å². The van der Waals surface area contributed by atoms with Crippen molar-refractivity contribution in [3.05, 3.63) is 22.7 Å². The first kappa shape index (κ1) is 19.0. The number of aliphatic hydroxyl groups is 1. The van der Waals surface area contributed by atoms with E-state index in [1.54, 1.807) is 0 Å². The van der Waals surface area contributed by atoms with E-state index in [0.717, 1.165) is 12.6 Å². The molecule has 3 N–H and O–H groups in total. The van der Waals surface area contributed by atoms with Gasteiger partial charge < -0.3 is 20.0 Å². The smallest absolute Gasteiger partial charge is 0.351 e. The summed E-state index contributed by atoms with van der Waals surface area (Å²) in [5.41, 5.74) is 4.43. The highest BCUT2D eigenvalue weighted by Crippen LogP contribution is 2.44. The molecule has 10 heteroatoms. The van der Waals surface area contributed by atoms with Gasteiger partial charge in [0.25, 0.3) is 0 Å². The number of ether oxygens (including phenoxy) is 1. The van der Waals surface area contributed by atoms with Gasteiger partial charge in [-0.2, -0.15) is 13.8 Å². The summed E-state index contributed by atoms with van der Waals surface area (Å²) in [5.74, 6) is -3.55. The molecule has 1 aromatic rings. The molecule has 1 fully saturated rings. The van der Waals surface area contributed by atoms with Gasteiger partial charge in [0.05, 0.1) is 6.61 Å². The fraction of sp³-hybridized carbons (Fsp3) is 0.714. The fourth-order valence-corrected chi connectivity index (χ4v) is 3.62. The highest BCUT2D eigenvalue weighted by molar-refractivity contribution is 6.32. The molecule has 24 heavy (non-hydrogen) atoms. The average Bonchev–Trinajstić information content (AvgIpc) is 2.76. The predicted molar refractivity (Wildman–Crippen MR) is 86.6 cm³/mol. The number of anilines is 1. The Hall–Kier alpha value is -1.36. The van der Waals surface area contributed by atoms with Crippen molar-refractivity contribution in [2.75, 3.05) is 12.3 Å². The maximum Gasteiger partial charge on any atom is 0.351 e. The summed E-state index contributed by atoms with van der Waals surface area (Å²) in [6.07, 6.45) is -2.80. The van der Waals surface area contributed by atoms with Gasteiger partial charge in [-0.05, 0) is 11.1 Å². The van der Waals surface area contributed by atoms with E-state index in [1.807, 2.05) is 20.8 Å². The fourth-order valence-electron chi connectivity index (χ4n) is 2.35. The van der Waals surface area contributed by atoms with Crippen molar-refractivity contribution in [1.29, 1.82) is 0 Å². The van der Waals surface area contributed by atoms with Gasteiger partial charge in [-0.25, -0.2) is 4.79 Å². The number of nitrogens with two attached hydrogens (primary N) is 1. The number of alkyl halides is 2. The van der Waals surface area contributed by atoms with Gasteiger partial charge >= 0.3 is 11.6 Å². The van der Waals surface area contributed by atoms with Gasteiger partial charge in [0.15, 0.2) is 9.76 Å². The molecule has 2 rings (SSSR count). The molecule has 1 saturated heterocycles. The monoisotopic (exact) mass is 363 g/mol. The van der Waals surface area contributed by atoms with E-state index in [9.17, 15) is 18.7 Å². The second-order valence-corrected chi connectivity index (χ2v) is 9.21. The van der Waals surface area contributed by atoms with Crippen molar-refractivity contribution in [2.45, 2.75) is 56.6 Å². The molecule has 3 atom stereocenters. The standard InChI is InChI=1S/C14H23F2N3O4Si/c1-4-13(2,3)24-23-10-8(7-20)22-11(14(10,15)16)19-6-5-9(17)18-12(19)21/h5-6,8,10-11,20H,4,7,24H2,1-3H3,(H2,17,18,21). The Labute approximate surface area is 140 Å². The van der Waals surface area contributed by atoms with E-state index in [4.69, 9.17) is 14.9 Å². The van der Waals surface area contributed by atoms with Crippen LogP contribution in [-0.2, 0) is 9.16 Å². The number of aromatic nitrogens is 2. The van der Waals surface area contributed by atoms with Crippen molar-refractivity contribution < 1.29 is 23.1 Å². The molecule has 7 nitrogen and oxygen atoms in total. The second-order valence-electron chi connectivity index (χ2n) is 6.68. The van der Waals surface area contributed by atoms with Crippen molar-refractivity contribution >= 4 is 15.6 Å². The lowest BCUT2D eigenvalue weighted by Crippen LogP contribution is -2.45. The topological polar surface area (TPSA) is 99.6 Å². The Morgan fingerprint density at radius 2 is 2.25 bits per heavy atom. The van der Waals surface area contributed by atoms with Gasteiger partial charge in [0, 0.05) is 6.20 Å². The summed E-state index contributed by atoms with van der Waals surface area (Å²) in [6, 6.07) is 1.23. The molecule has 0 saturated carbocycles. The third-order valence-electron chi connectivity index (χ3n) is 4.24. The Morgan fingerprint density at radius 3 is 2.79 bits per heavy atom. The number of nitrogens with zero attached hydrogens (tertiary/aromatic N) is 2. The van der Waals surface area contributed by atoms with Crippen LogP contribution < -0.4 is 11.4 Å². The number of halogens is 2. The van der Waals surface area contributed by atoms with Crippen LogP contribution >= 0.6 is 0 Å². The van der Waals surface area contributed by atoms with Gasteiger partial charge in [-0.15, -0.1) is 0 Å². The molecular formula is C14H23F2N3O4Si. The first-order valence-electron chi connectivity index (χ1n) is 7.73. The highest BCUT2D eigenvalue weighted by Gasteiger charge is 2.60. The van der Waals surface area contributed by atoms with Crippen LogP contribution in [0.5, 0.6) is 0 Å². The molecule has 1 aromatic heterocycles. The molecule has 0 bridgehead atoms. The summed E-state index contributed by atoms with van der Waals surface area (Å²) in [7, 11) is -1.31. The lowest BCUT2D eigenvalue weighted by molar-refractivity contribution is -0.137. The minimum atomic E-state index is -3.48. The van der Waals surface area contributed by atoms with E-state index in [2.05, 4.69) is 4.98 Å². The molecule has 3 unspecified atom stereocenters. The Morgan fingerprint density at radius 1 is 1.58 bits per heavy atom. The van der Waals surface area contributed by atoms with Crippen LogP contribution in [0, 0.1) is 0 Å². The SMILES string of the molecule is CCC(C)(C)[SiH2]OC1C(CO)OC(n2ccc(N)nc2=O)C1(F)F. The maximum absolute atomic E-state index is 14.8. The van der Waals surface area contributed by atoms with Crippen LogP contribution in [0.1, 0.15) is 33.4 Å². The number of nitrogen functional groups attached to an aromatic ring is 1. The van der Waals surface area contributed by atoms with Crippen LogP contribution in [0.2, 0.25) is 5.04 Å². The Kier molecular flexibility index (Phi) is 5.43. The largest absolute Gasteiger partial charge is 0.412 e. The van der Waals surface area contributed by atoms with Crippen molar-refractivity contribution in [3.63, 3.8) is 0 Å². The Balaban J connectivity index is 2.28. The van der Waals surface area contributed by atoms with Crippen molar-refractivity contribution in [2.24, 2.45) is 0 Å². The van der Waals surface area contributed by atoms with Crippen molar-refractivity contribution in [3.8, 4) is 0 Å². The van der Waals surface area contributed by atoms with E-state index < -0.39 is 46.4 Å². The summed E-state index contributed by atoms with van der Waals surface area (Å²) < 4.78 is 41.0. The quantitative estimate of drug-likeness (QED) is 0.711. The first-order valence-corrected chi connectivity index (χ1v) is 9.01. The lowest BCUT2D eigenvalue weighted by atomic mass is 10.1. The zero-order chi connectivity index (χ0) is 18.1. The molecule has 1 aliphatic heterocycles. The van der Waals surface area contributed by atoms with E-state index >= 15 is 0 Å². The molecule has 2 heterocycles. The van der Waals surface area contributed by atoms with Crippen molar-refractivity contribution in [1.82, 2.24) is 9.55 Å². The average molecular weight is 363 g/mol. The highest BCUT2D eigenvalue weighted by atomic mass is 28.2. The minimum absolute atomic E-state index is 0.0684. The van der Waals surface area contributed by atoms with Gasteiger partial charge in [-0.3, -0.25) is 4.57 Å². The normalized spacial score (nSPS) is 27.2. The zero-order valence-corrected chi connectivity index (χ0v) is 15.3. The van der Waals surface area contributed by atoms with Crippen LogP contribution in [0.15, 0.2) is 17.1 Å². The third-order valence-corrected chi connectivity index (χ3v) is 6.05. The Bertz CT molecular complexity index is 641. The minimum Gasteiger partial charge on any atom is -0.412 e. The number of aliphatic hydroxyl groups excluding tert-OH is 1. The lowest BCUT2D eigenvalue weighted by Gasteiger charge is -2.28. The van der Waals surface area contributed by atoms with Gasteiger partial charge in [-0.1, -0.05) is 27.2 Å². The molecule has 0 amide bonds. The molecule has 1 aliphatic rings. The summed E-state index contributed by atoms with van der Waals surface area (Å²) in [4.78, 5) is 15.3. The second kappa shape index (κ2) is 6.87.